The standard InChI is InChI=1S/C16H16O7/c1-21-10-3-4-14(15(7-10)22-2)23-8-13(20)16-11(18)5-9(17)6-12(16)19/h3-7,17-19H,8H2,1-2H3. The highest BCUT2D eigenvalue weighted by atomic mass is 16.5. The fraction of sp³-hybridized carbons (Fsp3) is 0.188. The number of phenols is 3. The number of phenolic OH excluding ortho intramolecular Hbond substituents is 3. The largest absolute Gasteiger partial charge is 0.508 e. The SMILES string of the molecule is COc1ccc(OCC(=O)c2c(O)cc(O)cc2O)c(OC)c1. The Balaban J connectivity index is 2.17. The number of hydrogen-bond donors (Lipinski definition) is 3. The van der Waals surface area contributed by atoms with Gasteiger partial charge in [-0.1, -0.05) is 0 Å². The van der Waals surface area contributed by atoms with E-state index in [1.807, 2.05) is 0 Å². The second-order valence-corrected chi connectivity index (χ2v) is 4.59. The van der Waals surface area contributed by atoms with Crippen LogP contribution in [0.25, 0.3) is 0 Å². The molecular weight excluding hydrogens is 304 g/mol. The van der Waals surface area contributed by atoms with Crippen LogP contribution in [-0.2, 0) is 0 Å². The number of benzene rings is 2. The highest BCUT2D eigenvalue weighted by Gasteiger charge is 2.19. The average Bonchev–Trinajstić information content (AvgIpc) is 2.51. The van der Waals surface area contributed by atoms with Gasteiger partial charge in [0, 0.05) is 18.2 Å². The first-order valence-corrected chi connectivity index (χ1v) is 6.59. The monoisotopic (exact) mass is 320 g/mol. The van der Waals surface area contributed by atoms with Crippen molar-refractivity contribution in [3.63, 3.8) is 0 Å². The minimum absolute atomic E-state index is 0.305. The van der Waals surface area contributed by atoms with Crippen LogP contribution in [0.5, 0.6) is 34.5 Å². The molecule has 7 nitrogen and oxygen atoms in total. The molecule has 0 aliphatic heterocycles. The highest BCUT2D eigenvalue weighted by Crippen LogP contribution is 2.34. The van der Waals surface area contributed by atoms with E-state index in [0.717, 1.165) is 12.1 Å². The lowest BCUT2D eigenvalue weighted by molar-refractivity contribution is 0.0914. The van der Waals surface area contributed by atoms with Crippen LogP contribution in [0.2, 0.25) is 0 Å². The van der Waals surface area contributed by atoms with E-state index >= 15 is 0 Å². The van der Waals surface area contributed by atoms with Crippen molar-refractivity contribution < 1.29 is 34.3 Å². The van der Waals surface area contributed by atoms with Gasteiger partial charge in [0.25, 0.3) is 0 Å². The zero-order chi connectivity index (χ0) is 17.0. The van der Waals surface area contributed by atoms with Crippen LogP contribution < -0.4 is 14.2 Å². The summed E-state index contributed by atoms with van der Waals surface area (Å²) in [6.45, 7) is -0.436. The summed E-state index contributed by atoms with van der Waals surface area (Å²) in [6.07, 6.45) is 0. The Hall–Kier alpha value is -3.09. The number of rotatable bonds is 6. The normalized spacial score (nSPS) is 10.2. The topological polar surface area (TPSA) is 105 Å². The summed E-state index contributed by atoms with van der Waals surface area (Å²) in [7, 11) is 2.95. The van der Waals surface area contributed by atoms with E-state index in [1.165, 1.54) is 14.2 Å². The molecule has 122 valence electrons. The second-order valence-electron chi connectivity index (χ2n) is 4.59. The average molecular weight is 320 g/mol. The van der Waals surface area contributed by atoms with Crippen molar-refractivity contribution in [3.05, 3.63) is 35.9 Å². The Morgan fingerprint density at radius 3 is 2.17 bits per heavy atom. The van der Waals surface area contributed by atoms with Crippen LogP contribution in [-0.4, -0.2) is 41.9 Å². The van der Waals surface area contributed by atoms with Gasteiger partial charge in [0.1, 0.15) is 28.6 Å². The number of hydrogen-bond acceptors (Lipinski definition) is 7. The van der Waals surface area contributed by atoms with Gasteiger partial charge in [-0.25, -0.2) is 0 Å². The Kier molecular flexibility index (Phi) is 4.80. The zero-order valence-corrected chi connectivity index (χ0v) is 12.6. The molecule has 0 atom stereocenters. The zero-order valence-electron chi connectivity index (χ0n) is 12.6. The van der Waals surface area contributed by atoms with Crippen LogP contribution in [0.4, 0.5) is 0 Å². The summed E-state index contributed by atoms with van der Waals surface area (Å²) in [5.74, 6) is -0.826. The molecule has 3 N–H and O–H groups in total. The van der Waals surface area contributed by atoms with Crippen molar-refractivity contribution >= 4 is 5.78 Å². The highest BCUT2D eigenvalue weighted by molar-refractivity contribution is 6.02. The lowest BCUT2D eigenvalue weighted by Crippen LogP contribution is -2.12. The molecule has 2 aromatic carbocycles. The molecule has 2 rings (SSSR count). The second kappa shape index (κ2) is 6.78. The molecular formula is C16H16O7. The van der Waals surface area contributed by atoms with Gasteiger partial charge in [-0.2, -0.15) is 0 Å². The van der Waals surface area contributed by atoms with E-state index in [9.17, 15) is 20.1 Å². The molecule has 0 spiro atoms. The Bertz CT molecular complexity index is 701. The third-order valence-electron chi connectivity index (χ3n) is 3.09. The minimum atomic E-state index is -0.655. The molecule has 0 aliphatic rings. The van der Waals surface area contributed by atoms with Crippen molar-refractivity contribution in [3.8, 4) is 34.5 Å². The van der Waals surface area contributed by atoms with Crippen LogP contribution in [0, 0.1) is 0 Å². The molecule has 0 aliphatic carbocycles. The number of ketones is 1. The lowest BCUT2D eigenvalue weighted by Gasteiger charge is -2.12. The number of carbonyl (C=O) groups is 1. The first kappa shape index (κ1) is 16.3. The molecule has 0 radical (unpaired) electrons. The number of aromatic hydroxyl groups is 3. The molecule has 0 fully saturated rings. The Morgan fingerprint density at radius 2 is 1.61 bits per heavy atom. The van der Waals surface area contributed by atoms with Crippen molar-refractivity contribution in [1.82, 2.24) is 0 Å². The maximum atomic E-state index is 12.1. The Morgan fingerprint density at radius 1 is 0.957 bits per heavy atom. The third-order valence-corrected chi connectivity index (χ3v) is 3.09. The van der Waals surface area contributed by atoms with Crippen LogP contribution in [0.1, 0.15) is 10.4 Å². The van der Waals surface area contributed by atoms with Gasteiger partial charge < -0.3 is 29.5 Å². The van der Waals surface area contributed by atoms with E-state index in [4.69, 9.17) is 14.2 Å². The molecule has 0 saturated carbocycles. The lowest BCUT2D eigenvalue weighted by atomic mass is 10.1. The maximum Gasteiger partial charge on any atom is 0.207 e. The molecule has 0 unspecified atom stereocenters. The molecule has 7 heteroatoms. The van der Waals surface area contributed by atoms with Crippen molar-refractivity contribution in [2.75, 3.05) is 20.8 Å². The van der Waals surface area contributed by atoms with Gasteiger partial charge in [0.05, 0.1) is 14.2 Å². The Labute approximate surface area is 132 Å². The van der Waals surface area contributed by atoms with Crippen molar-refractivity contribution in [1.29, 1.82) is 0 Å². The van der Waals surface area contributed by atoms with E-state index in [2.05, 4.69) is 0 Å². The number of Topliss-reactive ketones (excluding diaryl/α,β-unsaturated/α-hetero) is 1. The molecule has 0 saturated heterocycles. The van der Waals surface area contributed by atoms with E-state index in [-0.39, 0.29) is 11.3 Å². The first-order valence-electron chi connectivity index (χ1n) is 6.59. The quantitative estimate of drug-likeness (QED) is 0.700. The minimum Gasteiger partial charge on any atom is -0.508 e. The predicted molar refractivity (Wildman–Crippen MR) is 80.8 cm³/mol. The van der Waals surface area contributed by atoms with Crippen molar-refractivity contribution in [2.45, 2.75) is 0 Å². The van der Waals surface area contributed by atoms with Crippen molar-refractivity contribution in [2.24, 2.45) is 0 Å². The smallest absolute Gasteiger partial charge is 0.207 e. The molecule has 0 bridgehead atoms. The first-order chi connectivity index (χ1) is 11.0. The van der Waals surface area contributed by atoms with Gasteiger partial charge in [0.2, 0.25) is 5.78 Å². The van der Waals surface area contributed by atoms with E-state index in [0.29, 0.717) is 17.2 Å². The molecule has 0 amide bonds. The van der Waals surface area contributed by atoms with Crippen LogP contribution in [0.15, 0.2) is 30.3 Å². The molecule has 2 aromatic rings. The fourth-order valence-corrected chi connectivity index (χ4v) is 1.99. The van der Waals surface area contributed by atoms with Crippen LogP contribution in [0.3, 0.4) is 0 Å². The summed E-state index contributed by atoms with van der Waals surface area (Å²) in [5, 5.41) is 28.6. The summed E-state index contributed by atoms with van der Waals surface area (Å²) >= 11 is 0. The van der Waals surface area contributed by atoms with Gasteiger partial charge in [0.15, 0.2) is 18.1 Å². The summed E-state index contributed by atoms with van der Waals surface area (Å²) in [6, 6.07) is 6.72. The van der Waals surface area contributed by atoms with Gasteiger partial charge >= 0.3 is 0 Å². The third kappa shape index (κ3) is 3.57. The molecule has 0 heterocycles. The number of carbonyl (C=O) groups excluding carboxylic acids is 1. The maximum absolute atomic E-state index is 12.1. The predicted octanol–water partition coefficient (Wildman–Crippen LogP) is 2.08. The van der Waals surface area contributed by atoms with Gasteiger partial charge in [-0.15, -0.1) is 0 Å². The molecule has 23 heavy (non-hydrogen) atoms. The molecule has 0 aromatic heterocycles. The summed E-state index contributed by atoms with van der Waals surface area (Å²) in [5.41, 5.74) is -0.324. The summed E-state index contributed by atoms with van der Waals surface area (Å²) in [4.78, 5) is 12.1. The summed E-state index contributed by atoms with van der Waals surface area (Å²) < 4.78 is 15.6. The van der Waals surface area contributed by atoms with E-state index in [1.54, 1.807) is 18.2 Å². The van der Waals surface area contributed by atoms with E-state index < -0.39 is 23.9 Å². The van der Waals surface area contributed by atoms with Gasteiger partial charge in [-0.05, 0) is 12.1 Å². The van der Waals surface area contributed by atoms with Crippen LogP contribution >= 0.6 is 0 Å². The fourth-order valence-electron chi connectivity index (χ4n) is 1.99. The number of ether oxygens (including phenoxy) is 3. The van der Waals surface area contributed by atoms with Gasteiger partial charge in [-0.3, -0.25) is 4.79 Å². The number of methoxy groups -OCH3 is 2.